The molecule has 2 aromatic carbocycles. The molecular formula is C16H14N2O5S. The summed E-state index contributed by atoms with van der Waals surface area (Å²) in [4.78, 5) is 35.3. The highest BCUT2D eigenvalue weighted by atomic mass is 32.2. The maximum Gasteiger partial charge on any atom is 0.338 e. The highest BCUT2D eigenvalue weighted by Gasteiger charge is 2.18. The van der Waals surface area contributed by atoms with Gasteiger partial charge in [0.05, 0.1) is 17.6 Å². The second-order valence-corrected chi connectivity index (χ2v) is 5.58. The fraction of sp³-hybridized carbons (Fsp3) is 0.125. The monoisotopic (exact) mass is 346 g/mol. The number of nitrogens with zero attached hydrogens (tertiary/aromatic N) is 1. The predicted octanol–water partition coefficient (Wildman–Crippen LogP) is 3.36. The third kappa shape index (κ3) is 4.11. The van der Waals surface area contributed by atoms with Crippen LogP contribution in [-0.2, 0) is 4.74 Å². The number of ether oxygens (including phenoxy) is 1. The van der Waals surface area contributed by atoms with Crippen LogP contribution in [0.2, 0.25) is 0 Å². The van der Waals surface area contributed by atoms with Crippen LogP contribution >= 0.6 is 11.8 Å². The van der Waals surface area contributed by atoms with Crippen LogP contribution in [0.15, 0.2) is 47.4 Å². The molecule has 0 aliphatic heterocycles. The number of amides is 1. The fourth-order valence-electron chi connectivity index (χ4n) is 1.99. The average molecular weight is 346 g/mol. The molecule has 0 unspecified atom stereocenters. The van der Waals surface area contributed by atoms with E-state index in [9.17, 15) is 19.7 Å². The first-order valence-electron chi connectivity index (χ1n) is 6.78. The molecule has 0 saturated carbocycles. The summed E-state index contributed by atoms with van der Waals surface area (Å²) in [7, 11) is 1.16. The molecule has 0 aromatic heterocycles. The lowest BCUT2D eigenvalue weighted by Gasteiger charge is -2.08. The van der Waals surface area contributed by atoms with Gasteiger partial charge in [0.15, 0.2) is 0 Å². The molecule has 7 nitrogen and oxygen atoms in total. The number of esters is 1. The van der Waals surface area contributed by atoms with E-state index in [2.05, 4.69) is 10.1 Å². The van der Waals surface area contributed by atoms with E-state index in [0.717, 1.165) is 24.1 Å². The van der Waals surface area contributed by atoms with Crippen molar-refractivity contribution >= 4 is 35.0 Å². The number of hydrogen-bond acceptors (Lipinski definition) is 6. The normalized spacial score (nSPS) is 10.1. The van der Waals surface area contributed by atoms with Gasteiger partial charge in [-0.3, -0.25) is 14.9 Å². The molecule has 0 aliphatic rings. The molecule has 0 spiro atoms. The molecular weight excluding hydrogens is 332 g/mol. The summed E-state index contributed by atoms with van der Waals surface area (Å²) in [6.45, 7) is 0. The minimum Gasteiger partial charge on any atom is -0.465 e. The van der Waals surface area contributed by atoms with Crippen LogP contribution in [0.3, 0.4) is 0 Å². The number of rotatable bonds is 5. The van der Waals surface area contributed by atoms with Crippen LogP contribution in [0.5, 0.6) is 0 Å². The Hall–Kier alpha value is -2.87. The summed E-state index contributed by atoms with van der Waals surface area (Å²) in [6, 6.07) is 10.6. The molecule has 0 fully saturated rings. The fourth-order valence-corrected chi connectivity index (χ4v) is 2.45. The zero-order valence-electron chi connectivity index (χ0n) is 12.9. The van der Waals surface area contributed by atoms with Gasteiger partial charge in [-0.15, -0.1) is 11.8 Å². The molecule has 0 atom stereocenters. The number of non-ortho nitro benzene ring substituents is 1. The third-order valence-corrected chi connectivity index (χ3v) is 3.86. The van der Waals surface area contributed by atoms with Crippen molar-refractivity contribution in [2.45, 2.75) is 4.90 Å². The highest BCUT2D eigenvalue weighted by molar-refractivity contribution is 7.98. The van der Waals surface area contributed by atoms with Gasteiger partial charge in [-0.2, -0.15) is 0 Å². The molecule has 0 aliphatic carbocycles. The van der Waals surface area contributed by atoms with Gasteiger partial charge in [0.2, 0.25) is 0 Å². The van der Waals surface area contributed by atoms with Crippen molar-refractivity contribution in [3.05, 3.63) is 63.7 Å². The van der Waals surface area contributed by atoms with E-state index in [0.29, 0.717) is 5.69 Å². The van der Waals surface area contributed by atoms with Crippen LogP contribution in [0.4, 0.5) is 11.4 Å². The summed E-state index contributed by atoms with van der Waals surface area (Å²) >= 11 is 1.52. The van der Waals surface area contributed by atoms with E-state index < -0.39 is 16.8 Å². The lowest BCUT2D eigenvalue weighted by Crippen LogP contribution is -2.14. The number of hydrogen-bond donors (Lipinski definition) is 1. The average Bonchev–Trinajstić information content (AvgIpc) is 2.60. The Morgan fingerprint density at radius 3 is 2.50 bits per heavy atom. The summed E-state index contributed by atoms with van der Waals surface area (Å²) < 4.78 is 4.56. The molecule has 24 heavy (non-hydrogen) atoms. The van der Waals surface area contributed by atoms with E-state index >= 15 is 0 Å². The van der Waals surface area contributed by atoms with Crippen molar-refractivity contribution in [3.8, 4) is 0 Å². The predicted molar refractivity (Wildman–Crippen MR) is 90.6 cm³/mol. The first kappa shape index (κ1) is 17.5. The number of nitrogens with one attached hydrogen (secondary N) is 1. The van der Waals surface area contributed by atoms with Gasteiger partial charge in [0.25, 0.3) is 11.6 Å². The lowest BCUT2D eigenvalue weighted by molar-refractivity contribution is -0.384. The number of nitro benzene ring substituents is 1. The Bertz CT molecular complexity index is 807. The van der Waals surface area contributed by atoms with Crippen molar-refractivity contribution in [3.63, 3.8) is 0 Å². The maximum absolute atomic E-state index is 12.4. The number of methoxy groups -OCH3 is 1. The van der Waals surface area contributed by atoms with Crippen LogP contribution in [0.1, 0.15) is 20.7 Å². The number of nitro groups is 1. The number of carbonyl (C=O) groups is 2. The van der Waals surface area contributed by atoms with Crippen molar-refractivity contribution < 1.29 is 19.2 Å². The molecule has 2 rings (SSSR count). The highest BCUT2D eigenvalue weighted by Crippen LogP contribution is 2.22. The standard InChI is InChI=1S/C16H14N2O5S/c1-23-16(20)11-6-10(7-13(8-11)18(21)22)15(19)17-12-4-3-5-14(9-12)24-2/h3-9H,1-2H3,(H,17,19). The minimum atomic E-state index is -0.753. The van der Waals surface area contributed by atoms with Gasteiger partial charge in [0.1, 0.15) is 0 Å². The van der Waals surface area contributed by atoms with Crippen LogP contribution < -0.4 is 5.32 Å². The van der Waals surface area contributed by atoms with Gasteiger partial charge in [0, 0.05) is 28.3 Å². The molecule has 0 bridgehead atoms. The number of benzene rings is 2. The Kier molecular flexibility index (Phi) is 5.54. The van der Waals surface area contributed by atoms with Gasteiger partial charge >= 0.3 is 5.97 Å². The van der Waals surface area contributed by atoms with Crippen LogP contribution in [0, 0.1) is 10.1 Å². The third-order valence-electron chi connectivity index (χ3n) is 3.14. The molecule has 124 valence electrons. The Labute approximate surface area is 142 Å². The van der Waals surface area contributed by atoms with Gasteiger partial charge in [-0.25, -0.2) is 4.79 Å². The minimum absolute atomic E-state index is 0.000783. The molecule has 0 saturated heterocycles. The van der Waals surface area contributed by atoms with Gasteiger partial charge in [-0.05, 0) is 30.5 Å². The van der Waals surface area contributed by atoms with Gasteiger partial charge < -0.3 is 10.1 Å². The quantitative estimate of drug-likeness (QED) is 0.386. The first-order chi connectivity index (χ1) is 11.4. The molecule has 1 amide bonds. The van der Waals surface area contributed by atoms with Crippen molar-refractivity contribution in [2.24, 2.45) is 0 Å². The first-order valence-corrected chi connectivity index (χ1v) is 8.00. The maximum atomic E-state index is 12.4. The summed E-state index contributed by atoms with van der Waals surface area (Å²) in [5.74, 6) is -1.31. The zero-order chi connectivity index (χ0) is 17.7. The smallest absolute Gasteiger partial charge is 0.338 e. The molecule has 8 heteroatoms. The Balaban J connectivity index is 2.35. The Morgan fingerprint density at radius 2 is 1.88 bits per heavy atom. The molecule has 0 heterocycles. The molecule has 2 aromatic rings. The lowest BCUT2D eigenvalue weighted by atomic mass is 10.1. The number of carbonyl (C=O) groups excluding carboxylic acids is 2. The zero-order valence-corrected chi connectivity index (χ0v) is 13.8. The largest absolute Gasteiger partial charge is 0.465 e. The summed E-state index contributed by atoms with van der Waals surface area (Å²) in [6.07, 6.45) is 1.91. The molecule has 0 radical (unpaired) electrons. The van der Waals surface area contributed by atoms with E-state index in [1.54, 1.807) is 18.2 Å². The van der Waals surface area contributed by atoms with Crippen LogP contribution in [-0.4, -0.2) is 30.2 Å². The number of anilines is 1. The number of thioether (sulfide) groups is 1. The van der Waals surface area contributed by atoms with E-state index in [-0.39, 0.29) is 16.8 Å². The van der Waals surface area contributed by atoms with Gasteiger partial charge in [-0.1, -0.05) is 6.07 Å². The van der Waals surface area contributed by atoms with E-state index in [4.69, 9.17) is 0 Å². The topological polar surface area (TPSA) is 98.5 Å². The second-order valence-electron chi connectivity index (χ2n) is 4.70. The molecule has 1 N–H and O–H groups in total. The van der Waals surface area contributed by atoms with Crippen LogP contribution in [0.25, 0.3) is 0 Å². The summed E-state index contributed by atoms with van der Waals surface area (Å²) in [5.41, 5.74) is 0.132. The Morgan fingerprint density at radius 1 is 1.17 bits per heavy atom. The summed E-state index contributed by atoms with van der Waals surface area (Å²) in [5, 5.41) is 13.7. The van der Waals surface area contributed by atoms with Crippen molar-refractivity contribution in [1.82, 2.24) is 0 Å². The van der Waals surface area contributed by atoms with E-state index in [1.807, 2.05) is 12.3 Å². The van der Waals surface area contributed by atoms with E-state index in [1.165, 1.54) is 17.8 Å². The van der Waals surface area contributed by atoms with Crippen molar-refractivity contribution in [1.29, 1.82) is 0 Å². The second kappa shape index (κ2) is 7.60. The van der Waals surface area contributed by atoms with Crippen molar-refractivity contribution in [2.75, 3.05) is 18.7 Å². The SMILES string of the molecule is COC(=O)c1cc(C(=O)Nc2cccc(SC)c2)cc([N+](=O)[O-])c1.